The van der Waals surface area contributed by atoms with Gasteiger partial charge in [-0.3, -0.25) is 4.98 Å². The van der Waals surface area contributed by atoms with Gasteiger partial charge in [-0.2, -0.15) is 5.26 Å². The summed E-state index contributed by atoms with van der Waals surface area (Å²) in [7, 11) is 0. The Balaban J connectivity index is 1.77. The number of fused-ring (bicyclic) bond motifs is 1. The Kier molecular flexibility index (Phi) is 3.96. The molecule has 2 N–H and O–H groups in total. The highest BCUT2D eigenvalue weighted by atomic mass is 79.9. The zero-order valence-electron chi connectivity index (χ0n) is 13.1. The van der Waals surface area contributed by atoms with E-state index in [2.05, 4.69) is 37.3 Å². The van der Waals surface area contributed by atoms with E-state index in [-0.39, 0.29) is 0 Å². The molecular weight excluding hydrogens is 376 g/mol. The molecule has 5 heteroatoms. The predicted molar refractivity (Wildman–Crippen MR) is 104 cm³/mol. The number of hydrogen-bond donors (Lipinski definition) is 2. The number of anilines is 2. The maximum Gasteiger partial charge on any atom is 0.104 e. The van der Waals surface area contributed by atoms with E-state index in [0.717, 1.165) is 32.3 Å². The number of halogens is 1. The lowest BCUT2D eigenvalue weighted by Crippen LogP contribution is -1.98. The van der Waals surface area contributed by atoms with Crippen molar-refractivity contribution >= 4 is 38.2 Å². The van der Waals surface area contributed by atoms with Crippen LogP contribution in [-0.4, -0.2) is 9.97 Å². The maximum absolute atomic E-state index is 9.70. The lowest BCUT2D eigenvalue weighted by Gasteiger charge is -2.11. The van der Waals surface area contributed by atoms with Gasteiger partial charge in [0, 0.05) is 39.0 Å². The summed E-state index contributed by atoms with van der Waals surface area (Å²) in [4.78, 5) is 7.59. The van der Waals surface area contributed by atoms with E-state index in [4.69, 9.17) is 0 Å². The van der Waals surface area contributed by atoms with Crippen LogP contribution in [0.4, 0.5) is 11.4 Å². The lowest BCUT2D eigenvalue weighted by atomic mass is 10.0. The molecule has 4 nitrogen and oxygen atoms in total. The Hall–Kier alpha value is -3.10. The second-order valence-corrected chi connectivity index (χ2v) is 6.52. The van der Waals surface area contributed by atoms with E-state index >= 15 is 0 Å². The Labute approximate surface area is 153 Å². The number of hydrogen-bond acceptors (Lipinski definition) is 3. The molecule has 0 saturated carbocycles. The van der Waals surface area contributed by atoms with Gasteiger partial charge in [-0.05, 0) is 42.5 Å². The van der Waals surface area contributed by atoms with Gasteiger partial charge < -0.3 is 10.3 Å². The Morgan fingerprint density at radius 2 is 2.00 bits per heavy atom. The van der Waals surface area contributed by atoms with E-state index in [1.807, 2.05) is 60.8 Å². The zero-order valence-corrected chi connectivity index (χ0v) is 14.7. The fourth-order valence-electron chi connectivity index (χ4n) is 2.82. The molecule has 2 aromatic carbocycles. The third kappa shape index (κ3) is 3.00. The van der Waals surface area contributed by atoms with Crippen molar-refractivity contribution in [1.82, 2.24) is 9.97 Å². The number of nitrogens with one attached hydrogen (secondary N) is 2. The summed E-state index contributed by atoms with van der Waals surface area (Å²) in [5.74, 6) is 0. The van der Waals surface area contributed by atoms with Crippen LogP contribution in [0.5, 0.6) is 0 Å². The van der Waals surface area contributed by atoms with Crippen LogP contribution in [0, 0.1) is 11.3 Å². The number of benzene rings is 2. The van der Waals surface area contributed by atoms with Crippen LogP contribution >= 0.6 is 15.9 Å². The van der Waals surface area contributed by atoms with Gasteiger partial charge in [-0.25, -0.2) is 0 Å². The van der Waals surface area contributed by atoms with Crippen LogP contribution < -0.4 is 5.32 Å². The number of nitriles is 1. The SMILES string of the molecule is N#Cc1c(Nc2ccc3[nH]ccc3c2)ccnc1-c1cccc(Br)c1. The first-order valence-corrected chi connectivity index (χ1v) is 8.53. The van der Waals surface area contributed by atoms with Gasteiger partial charge in [-0.15, -0.1) is 0 Å². The molecule has 4 aromatic rings. The van der Waals surface area contributed by atoms with E-state index in [1.165, 1.54) is 0 Å². The van der Waals surface area contributed by atoms with E-state index in [0.29, 0.717) is 11.3 Å². The monoisotopic (exact) mass is 388 g/mol. The highest BCUT2D eigenvalue weighted by Gasteiger charge is 2.12. The fourth-order valence-corrected chi connectivity index (χ4v) is 3.22. The van der Waals surface area contributed by atoms with E-state index in [1.54, 1.807) is 6.20 Å². The number of aromatic nitrogens is 2. The number of H-pyrrole nitrogens is 1. The van der Waals surface area contributed by atoms with Crippen molar-refractivity contribution in [2.24, 2.45) is 0 Å². The van der Waals surface area contributed by atoms with Gasteiger partial charge in [-0.1, -0.05) is 28.1 Å². The summed E-state index contributed by atoms with van der Waals surface area (Å²) in [6.45, 7) is 0. The minimum atomic E-state index is 0.523. The minimum absolute atomic E-state index is 0.523. The average Bonchev–Trinajstić information content (AvgIpc) is 3.09. The predicted octanol–water partition coefficient (Wildman–Crippen LogP) is 5.61. The highest BCUT2D eigenvalue weighted by Crippen LogP contribution is 2.30. The first-order valence-electron chi connectivity index (χ1n) is 7.74. The number of nitrogens with zero attached hydrogens (tertiary/aromatic N) is 2. The van der Waals surface area contributed by atoms with Crippen LogP contribution in [0.3, 0.4) is 0 Å². The fraction of sp³-hybridized carbons (Fsp3) is 0. The zero-order chi connectivity index (χ0) is 17.2. The largest absolute Gasteiger partial charge is 0.361 e. The topological polar surface area (TPSA) is 64.5 Å². The Morgan fingerprint density at radius 1 is 1.08 bits per heavy atom. The van der Waals surface area contributed by atoms with Crippen LogP contribution in [0.1, 0.15) is 5.56 Å². The van der Waals surface area contributed by atoms with E-state index < -0.39 is 0 Å². The van der Waals surface area contributed by atoms with Gasteiger partial charge in [0.05, 0.1) is 11.4 Å². The third-order valence-electron chi connectivity index (χ3n) is 3.99. The molecular formula is C20H13BrN4. The van der Waals surface area contributed by atoms with Gasteiger partial charge in [0.2, 0.25) is 0 Å². The number of pyridine rings is 1. The van der Waals surface area contributed by atoms with Crippen molar-refractivity contribution in [3.8, 4) is 17.3 Å². The molecule has 4 rings (SSSR count). The quantitative estimate of drug-likeness (QED) is 0.479. The van der Waals surface area contributed by atoms with Crippen molar-refractivity contribution < 1.29 is 0 Å². The van der Waals surface area contributed by atoms with Crippen molar-refractivity contribution in [3.05, 3.63) is 77.0 Å². The summed E-state index contributed by atoms with van der Waals surface area (Å²) in [5.41, 5.74) is 4.83. The van der Waals surface area contributed by atoms with E-state index in [9.17, 15) is 5.26 Å². The van der Waals surface area contributed by atoms with Crippen molar-refractivity contribution in [3.63, 3.8) is 0 Å². The molecule has 0 aliphatic heterocycles. The second kappa shape index (κ2) is 6.42. The summed E-state index contributed by atoms with van der Waals surface area (Å²) in [6.07, 6.45) is 3.63. The van der Waals surface area contributed by atoms with Crippen molar-refractivity contribution in [2.45, 2.75) is 0 Å². The molecule has 120 valence electrons. The molecule has 0 amide bonds. The molecule has 0 aliphatic rings. The van der Waals surface area contributed by atoms with Gasteiger partial charge in [0.25, 0.3) is 0 Å². The molecule has 0 unspecified atom stereocenters. The molecule has 0 saturated heterocycles. The third-order valence-corrected chi connectivity index (χ3v) is 4.49. The summed E-state index contributed by atoms with van der Waals surface area (Å²) >= 11 is 3.47. The van der Waals surface area contributed by atoms with Gasteiger partial charge >= 0.3 is 0 Å². The summed E-state index contributed by atoms with van der Waals surface area (Å²) in [6, 6.07) is 20.0. The molecule has 0 radical (unpaired) electrons. The minimum Gasteiger partial charge on any atom is -0.361 e. The molecule has 0 atom stereocenters. The van der Waals surface area contributed by atoms with Crippen LogP contribution in [-0.2, 0) is 0 Å². The average molecular weight is 389 g/mol. The van der Waals surface area contributed by atoms with Crippen molar-refractivity contribution in [2.75, 3.05) is 5.32 Å². The lowest BCUT2D eigenvalue weighted by molar-refractivity contribution is 1.29. The maximum atomic E-state index is 9.70. The van der Waals surface area contributed by atoms with Gasteiger partial charge in [0.1, 0.15) is 11.6 Å². The molecule has 25 heavy (non-hydrogen) atoms. The second-order valence-electron chi connectivity index (χ2n) is 5.61. The number of aromatic amines is 1. The molecule has 0 fully saturated rings. The summed E-state index contributed by atoms with van der Waals surface area (Å²) in [5, 5.41) is 14.2. The molecule has 0 aliphatic carbocycles. The Morgan fingerprint density at radius 3 is 2.84 bits per heavy atom. The Bertz CT molecular complexity index is 1110. The van der Waals surface area contributed by atoms with Crippen LogP contribution in [0.2, 0.25) is 0 Å². The molecule has 0 spiro atoms. The molecule has 2 heterocycles. The van der Waals surface area contributed by atoms with Crippen LogP contribution in [0.15, 0.2) is 71.5 Å². The number of rotatable bonds is 3. The highest BCUT2D eigenvalue weighted by molar-refractivity contribution is 9.10. The normalized spacial score (nSPS) is 10.6. The van der Waals surface area contributed by atoms with Gasteiger partial charge in [0.15, 0.2) is 0 Å². The first kappa shape index (κ1) is 15.4. The van der Waals surface area contributed by atoms with Crippen LogP contribution in [0.25, 0.3) is 22.2 Å². The smallest absolute Gasteiger partial charge is 0.104 e. The standard InChI is InChI=1S/C20H13BrN4/c21-15-3-1-2-14(10-15)20-17(12-22)19(7-9-24-20)25-16-4-5-18-13(11-16)6-8-23-18/h1-11,23H,(H,24,25). The summed E-state index contributed by atoms with van der Waals surface area (Å²) < 4.78 is 0.951. The first-order chi connectivity index (χ1) is 12.2. The molecule has 2 aromatic heterocycles. The molecule has 0 bridgehead atoms. The van der Waals surface area contributed by atoms with Crippen molar-refractivity contribution in [1.29, 1.82) is 5.26 Å².